The molecule has 0 rings (SSSR count). The van der Waals surface area contributed by atoms with Crippen molar-refractivity contribution in [3.8, 4) is 0 Å². The van der Waals surface area contributed by atoms with E-state index in [9.17, 15) is 14.4 Å². The maximum absolute atomic E-state index is 12.8. The quantitative estimate of drug-likeness (QED) is 0.0344. The van der Waals surface area contributed by atoms with Crippen LogP contribution in [0.25, 0.3) is 0 Å². The summed E-state index contributed by atoms with van der Waals surface area (Å²) < 4.78 is 16.9. The summed E-state index contributed by atoms with van der Waals surface area (Å²) in [4.78, 5) is 38.1. The van der Waals surface area contributed by atoms with Crippen LogP contribution in [0.15, 0.2) is 0 Å². The number of carbonyl (C=O) groups excluding carboxylic acids is 3. The van der Waals surface area contributed by atoms with Crippen LogP contribution in [0.2, 0.25) is 0 Å². The Kier molecular flexibility index (Phi) is 47.6. The molecule has 0 saturated carbocycles. The zero-order chi connectivity index (χ0) is 45.4. The lowest BCUT2D eigenvalue weighted by atomic mass is 10.0. The van der Waals surface area contributed by atoms with E-state index in [1.54, 1.807) is 0 Å². The molecule has 0 aromatic rings. The van der Waals surface area contributed by atoms with Crippen molar-refractivity contribution in [3.63, 3.8) is 0 Å². The summed E-state index contributed by atoms with van der Waals surface area (Å²) in [6.45, 7) is 11.4. The number of ether oxygens (including phenoxy) is 3. The zero-order valence-electron chi connectivity index (χ0n) is 42.5. The molecule has 0 aliphatic carbocycles. The van der Waals surface area contributed by atoms with Gasteiger partial charge in [0.05, 0.1) is 0 Å². The molecule has 6 nitrogen and oxygen atoms in total. The number of esters is 3. The SMILES string of the molecule is CCCCCCCCCCCCCCCCC(=O)OC[C@@H](COC(=O)CCCCCCCCCCCCCCCC(C)C)OC(=O)CCCCCCCCCCCCCC(C)C. The van der Waals surface area contributed by atoms with E-state index in [2.05, 4.69) is 34.6 Å². The molecular formula is C56H108O6. The second-order valence-corrected chi connectivity index (χ2v) is 20.2. The fourth-order valence-corrected chi connectivity index (χ4v) is 8.52. The van der Waals surface area contributed by atoms with E-state index < -0.39 is 6.10 Å². The Labute approximate surface area is 387 Å². The van der Waals surface area contributed by atoms with Gasteiger partial charge >= 0.3 is 17.9 Å². The maximum Gasteiger partial charge on any atom is 0.306 e. The van der Waals surface area contributed by atoms with Crippen molar-refractivity contribution in [2.45, 2.75) is 317 Å². The third kappa shape index (κ3) is 49.4. The molecule has 368 valence electrons. The van der Waals surface area contributed by atoms with E-state index in [1.165, 1.54) is 199 Å². The average Bonchev–Trinajstić information content (AvgIpc) is 3.24. The molecular weight excluding hydrogens is 769 g/mol. The number of unbranched alkanes of at least 4 members (excludes halogenated alkanes) is 35. The van der Waals surface area contributed by atoms with E-state index in [-0.39, 0.29) is 31.1 Å². The van der Waals surface area contributed by atoms with Crippen LogP contribution in [0.3, 0.4) is 0 Å². The average molecular weight is 877 g/mol. The summed E-state index contributed by atoms with van der Waals surface area (Å²) in [5.41, 5.74) is 0. The summed E-state index contributed by atoms with van der Waals surface area (Å²) in [7, 11) is 0. The first-order valence-corrected chi connectivity index (χ1v) is 27.7. The summed E-state index contributed by atoms with van der Waals surface area (Å²) in [5, 5.41) is 0. The minimum Gasteiger partial charge on any atom is -0.462 e. The number of rotatable bonds is 50. The molecule has 62 heavy (non-hydrogen) atoms. The van der Waals surface area contributed by atoms with Gasteiger partial charge in [0.2, 0.25) is 0 Å². The van der Waals surface area contributed by atoms with E-state index in [1.807, 2.05) is 0 Å². The van der Waals surface area contributed by atoms with Gasteiger partial charge in [0.1, 0.15) is 13.2 Å². The lowest BCUT2D eigenvalue weighted by Crippen LogP contribution is -2.30. The van der Waals surface area contributed by atoms with Crippen LogP contribution in [0.1, 0.15) is 311 Å². The van der Waals surface area contributed by atoms with Crippen LogP contribution >= 0.6 is 0 Å². The van der Waals surface area contributed by atoms with E-state index >= 15 is 0 Å². The lowest BCUT2D eigenvalue weighted by molar-refractivity contribution is -0.167. The normalized spacial score (nSPS) is 12.0. The first-order valence-electron chi connectivity index (χ1n) is 27.7. The highest BCUT2D eigenvalue weighted by Crippen LogP contribution is 2.18. The van der Waals surface area contributed by atoms with E-state index in [0.717, 1.165) is 69.6 Å². The third-order valence-corrected chi connectivity index (χ3v) is 12.7. The molecule has 0 heterocycles. The molecule has 0 aromatic heterocycles. The zero-order valence-corrected chi connectivity index (χ0v) is 42.5. The number of hydrogen-bond donors (Lipinski definition) is 0. The van der Waals surface area contributed by atoms with Gasteiger partial charge in [0, 0.05) is 19.3 Å². The van der Waals surface area contributed by atoms with Gasteiger partial charge in [-0.3, -0.25) is 14.4 Å². The van der Waals surface area contributed by atoms with Crippen molar-refractivity contribution in [2.24, 2.45) is 11.8 Å². The molecule has 0 fully saturated rings. The molecule has 0 N–H and O–H groups in total. The van der Waals surface area contributed by atoms with Gasteiger partial charge in [0.15, 0.2) is 6.10 Å². The molecule has 1 atom stereocenters. The Morgan fingerprint density at radius 2 is 0.532 bits per heavy atom. The van der Waals surface area contributed by atoms with Crippen molar-refractivity contribution >= 4 is 17.9 Å². The van der Waals surface area contributed by atoms with Gasteiger partial charge in [-0.25, -0.2) is 0 Å². The van der Waals surface area contributed by atoms with Crippen LogP contribution in [0, 0.1) is 11.8 Å². The Morgan fingerprint density at radius 1 is 0.306 bits per heavy atom. The van der Waals surface area contributed by atoms with Gasteiger partial charge in [-0.15, -0.1) is 0 Å². The maximum atomic E-state index is 12.8. The molecule has 0 aliphatic heterocycles. The van der Waals surface area contributed by atoms with Gasteiger partial charge in [-0.2, -0.15) is 0 Å². The standard InChI is InChI=1S/C56H108O6/c1-6-7-8-9-10-11-12-13-16-21-26-31-36-41-46-54(57)60-49-53(62-56(59)48-43-38-33-28-23-18-20-25-30-35-40-45-52(4)5)50-61-55(58)47-42-37-32-27-22-17-14-15-19-24-29-34-39-44-51(2)3/h51-53H,6-50H2,1-5H3/t53-/m0/s1. The summed E-state index contributed by atoms with van der Waals surface area (Å²) in [6.07, 6.45) is 50.9. The molecule has 0 unspecified atom stereocenters. The Balaban J connectivity index is 4.31. The predicted molar refractivity (Wildman–Crippen MR) is 266 cm³/mol. The smallest absolute Gasteiger partial charge is 0.306 e. The lowest BCUT2D eigenvalue weighted by Gasteiger charge is -2.18. The first-order chi connectivity index (χ1) is 30.2. The summed E-state index contributed by atoms with van der Waals surface area (Å²) in [6, 6.07) is 0. The molecule has 0 amide bonds. The summed E-state index contributed by atoms with van der Waals surface area (Å²) >= 11 is 0. The van der Waals surface area contributed by atoms with Gasteiger partial charge < -0.3 is 14.2 Å². The number of carbonyl (C=O) groups is 3. The largest absolute Gasteiger partial charge is 0.462 e. The molecule has 0 aliphatic rings. The van der Waals surface area contributed by atoms with Crippen LogP contribution in [0.4, 0.5) is 0 Å². The predicted octanol–water partition coefficient (Wildman–Crippen LogP) is 18.1. The molecule has 0 saturated heterocycles. The Morgan fingerprint density at radius 3 is 0.790 bits per heavy atom. The van der Waals surface area contributed by atoms with Crippen molar-refractivity contribution in [1.82, 2.24) is 0 Å². The van der Waals surface area contributed by atoms with Crippen LogP contribution in [0.5, 0.6) is 0 Å². The Hall–Kier alpha value is -1.59. The second-order valence-electron chi connectivity index (χ2n) is 20.2. The highest BCUT2D eigenvalue weighted by atomic mass is 16.6. The highest BCUT2D eigenvalue weighted by Gasteiger charge is 2.19. The Bertz CT molecular complexity index is 947. The minimum absolute atomic E-state index is 0.0630. The van der Waals surface area contributed by atoms with E-state index in [4.69, 9.17) is 14.2 Å². The van der Waals surface area contributed by atoms with Crippen LogP contribution < -0.4 is 0 Å². The van der Waals surface area contributed by atoms with Crippen molar-refractivity contribution in [3.05, 3.63) is 0 Å². The topological polar surface area (TPSA) is 78.9 Å². The molecule has 6 heteroatoms. The fraction of sp³-hybridized carbons (Fsp3) is 0.946. The van der Waals surface area contributed by atoms with Crippen LogP contribution in [-0.2, 0) is 28.6 Å². The molecule has 0 spiro atoms. The fourth-order valence-electron chi connectivity index (χ4n) is 8.52. The molecule has 0 aromatic carbocycles. The van der Waals surface area contributed by atoms with Crippen molar-refractivity contribution in [2.75, 3.05) is 13.2 Å². The highest BCUT2D eigenvalue weighted by molar-refractivity contribution is 5.71. The molecule has 0 radical (unpaired) electrons. The molecule has 0 bridgehead atoms. The van der Waals surface area contributed by atoms with Crippen molar-refractivity contribution in [1.29, 1.82) is 0 Å². The third-order valence-electron chi connectivity index (χ3n) is 12.7. The first kappa shape index (κ1) is 60.4. The van der Waals surface area contributed by atoms with Gasteiger partial charge in [0.25, 0.3) is 0 Å². The summed E-state index contributed by atoms with van der Waals surface area (Å²) in [5.74, 6) is 0.822. The van der Waals surface area contributed by atoms with E-state index in [0.29, 0.717) is 19.3 Å². The monoisotopic (exact) mass is 877 g/mol. The second kappa shape index (κ2) is 48.9. The van der Waals surface area contributed by atoms with Gasteiger partial charge in [-0.1, -0.05) is 272 Å². The van der Waals surface area contributed by atoms with Crippen molar-refractivity contribution < 1.29 is 28.6 Å². The number of hydrogen-bond acceptors (Lipinski definition) is 6. The van der Waals surface area contributed by atoms with Gasteiger partial charge in [-0.05, 0) is 31.1 Å². The van der Waals surface area contributed by atoms with Crippen LogP contribution in [-0.4, -0.2) is 37.2 Å². The minimum atomic E-state index is -0.762.